The Morgan fingerprint density at radius 1 is 1.28 bits per heavy atom. The highest BCUT2D eigenvalue weighted by Gasteiger charge is 2.30. The number of amides is 1. The van der Waals surface area contributed by atoms with Gasteiger partial charge in [0.05, 0.1) is 0 Å². The van der Waals surface area contributed by atoms with E-state index in [9.17, 15) is 4.79 Å². The molecule has 4 heteroatoms. The van der Waals surface area contributed by atoms with Crippen molar-refractivity contribution in [1.82, 2.24) is 10.6 Å². The lowest BCUT2D eigenvalue weighted by molar-refractivity contribution is 0.0527. The molecule has 0 radical (unpaired) electrons. The summed E-state index contributed by atoms with van der Waals surface area (Å²) in [5.74, 6) is 0. The predicted octanol–water partition coefficient (Wildman–Crippen LogP) is 2.68. The van der Waals surface area contributed by atoms with Crippen molar-refractivity contribution in [2.45, 2.75) is 59.0 Å². The van der Waals surface area contributed by atoms with Crippen LogP contribution in [0.4, 0.5) is 4.79 Å². The van der Waals surface area contributed by atoms with Gasteiger partial charge < -0.3 is 15.4 Å². The molecule has 0 aromatic carbocycles. The van der Waals surface area contributed by atoms with Gasteiger partial charge in [0, 0.05) is 13.1 Å². The van der Waals surface area contributed by atoms with Crippen LogP contribution in [-0.2, 0) is 4.74 Å². The molecule has 0 spiro atoms. The Kier molecular flexibility index (Phi) is 5.45. The van der Waals surface area contributed by atoms with E-state index in [1.807, 2.05) is 20.8 Å². The largest absolute Gasteiger partial charge is 0.444 e. The van der Waals surface area contributed by atoms with Crippen molar-refractivity contribution < 1.29 is 9.53 Å². The Morgan fingerprint density at radius 3 is 2.44 bits per heavy atom. The molecule has 1 aliphatic rings. The van der Waals surface area contributed by atoms with Gasteiger partial charge in [-0.1, -0.05) is 13.3 Å². The molecule has 1 saturated carbocycles. The molecule has 0 bridgehead atoms. The second-order valence-electron chi connectivity index (χ2n) is 6.62. The van der Waals surface area contributed by atoms with Crippen LogP contribution in [0.25, 0.3) is 0 Å². The first kappa shape index (κ1) is 15.3. The minimum Gasteiger partial charge on any atom is -0.444 e. The summed E-state index contributed by atoms with van der Waals surface area (Å²) in [4.78, 5) is 11.4. The van der Waals surface area contributed by atoms with Crippen molar-refractivity contribution in [3.63, 3.8) is 0 Å². The third-order valence-corrected chi connectivity index (χ3v) is 3.31. The molecule has 1 fully saturated rings. The van der Waals surface area contributed by atoms with Gasteiger partial charge in [-0.05, 0) is 52.0 Å². The monoisotopic (exact) mass is 256 g/mol. The molecule has 0 aliphatic heterocycles. The zero-order chi connectivity index (χ0) is 13.6. The van der Waals surface area contributed by atoms with Crippen molar-refractivity contribution in [2.24, 2.45) is 5.41 Å². The fraction of sp³-hybridized carbons (Fsp3) is 0.929. The number of carbonyl (C=O) groups excluding carboxylic acids is 1. The van der Waals surface area contributed by atoms with E-state index >= 15 is 0 Å². The number of hydrogen-bond donors (Lipinski definition) is 2. The molecule has 0 aromatic heterocycles. The van der Waals surface area contributed by atoms with Gasteiger partial charge in [0.25, 0.3) is 0 Å². The van der Waals surface area contributed by atoms with Crippen molar-refractivity contribution >= 4 is 6.09 Å². The van der Waals surface area contributed by atoms with E-state index < -0.39 is 5.60 Å². The molecule has 0 atom stereocenters. The average Bonchev–Trinajstić information content (AvgIpc) is 2.18. The Labute approximate surface area is 111 Å². The number of alkyl carbamates (subject to hydrolysis) is 1. The Hall–Kier alpha value is -0.770. The lowest BCUT2D eigenvalue weighted by Crippen LogP contribution is -2.38. The van der Waals surface area contributed by atoms with Crippen molar-refractivity contribution in [3.8, 4) is 0 Å². The first-order valence-corrected chi connectivity index (χ1v) is 6.98. The van der Waals surface area contributed by atoms with Gasteiger partial charge >= 0.3 is 6.09 Å². The van der Waals surface area contributed by atoms with Crippen LogP contribution in [-0.4, -0.2) is 31.3 Å². The molecule has 2 N–H and O–H groups in total. The summed E-state index contributed by atoms with van der Waals surface area (Å²) in [6, 6.07) is 0. The summed E-state index contributed by atoms with van der Waals surface area (Å²) in [6.45, 7) is 10.7. The Morgan fingerprint density at radius 2 is 1.94 bits per heavy atom. The van der Waals surface area contributed by atoms with Crippen LogP contribution in [0.1, 0.15) is 53.4 Å². The first-order chi connectivity index (χ1) is 8.31. The van der Waals surface area contributed by atoms with Crippen LogP contribution in [0.5, 0.6) is 0 Å². The lowest BCUT2D eigenvalue weighted by Gasteiger charge is -2.38. The van der Waals surface area contributed by atoms with Gasteiger partial charge in [-0.3, -0.25) is 0 Å². The molecule has 18 heavy (non-hydrogen) atoms. The average molecular weight is 256 g/mol. The molecular formula is C14H28N2O2. The summed E-state index contributed by atoms with van der Waals surface area (Å²) < 4.78 is 5.15. The maximum Gasteiger partial charge on any atom is 0.407 e. The van der Waals surface area contributed by atoms with E-state index in [4.69, 9.17) is 4.74 Å². The topological polar surface area (TPSA) is 50.4 Å². The van der Waals surface area contributed by atoms with Crippen molar-refractivity contribution in [2.75, 3.05) is 19.6 Å². The minimum absolute atomic E-state index is 0.326. The summed E-state index contributed by atoms with van der Waals surface area (Å²) in [5, 5.41) is 6.22. The molecule has 0 heterocycles. The standard InChI is InChI=1S/C14H28N2O2/c1-13(2,3)18-12(17)16-10-6-9-15-11-14(4)7-5-8-14/h15H,5-11H2,1-4H3,(H,16,17). The molecule has 0 aromatic rings. The van der Waals surface area contributed by atoms with E-state index in [0.717, 1.165) is 19.5 Å². The second kappa shape index (κ2) is 6.41. The number of carbonyl (C=O) groups is 1. The third-order valence-electron chi connectivity index (χ3n) is 3.31. The fourth-order valence-corrected chi connectivity index (χ4v) is 2.07. The molecule has 1 amide bonds. The number of ether oxygens (including phenoxy) is 1. The zero-order valence-corrected chi connectivity index (χ0v) is 12.3. The molecule has 1 rings (SSSR count). The minimum atomic E-state index is -0.416. The molecular weight excluding hydrogens is 228 g/mol. The SMILES string of the molecule is CC1(CNCCCNC(=O)OC(C)(C)C)CCC1. The van der Waals surface area contributed by atoms with E-state index in [-0.39, 0.29) is 6.09 Å². The highest BCUT2D eigenvalue weighted by Crippen LogP contribution is 2.39. The first-order valence-electron chi connectivity index (χ1n) is 6.98. The zero-order valence-electron chi connectivity index (χ0n) is 12.3. The van der Waals surface area contributed by atoms with Crippen molar-refractivity contribution in [1.29, 1.82) is 0 Å². The summed E-state index contributed by atoms with van der Waals surface area (Å²) in [6.07, 6.45) is 4.67. The van der Waals surface area contributed by atoms with E-state index in [2.05, 4.69) is 17.6 Å². The lowest BCUT2D eigenvalue weighted by atomic mass is 9.70. The Balaban J connectivity index is 1.93. The second-order valence-corrected chi connectivity index (χ2v) is 6.62. The maximum atomic E-state index is 11.4. The number of hydrogen-bond acceptors (Lipinski definition) is 3. The quantitative estimate of drug-likeness (QED) is 0.718. The summed E-state index contributed by atoms with van der Waals surface area (Å²) >= 11 is 0. The van der Waals surface area contributed by atoms with Crippen LogP contribution in [0.15, 0.2) is 0 Å². The normalized spacial score (nSPS) is 18.0. The Bertz CT molecular complexity index is 267. The van der Waals surface area contributed by atoms with E-state index in [0.29, 0.717) is 12.0 Å². The molecule has 4 nitrogen and oxygen atoms in total. The van der Waals surface area contributed by atoms with Gasteiger partial charge in [0.15, 0.2) is 0 Å². The van der Waals surface area contributed by atoms with Gasteiger partial charge in [0.1, 0.15) is 5.60 Å². The van der Waals surface area contributed by atoms with Gasteiger partial charge in [-0.25, -0.2) is 4.79 Å². The van der Waals surface area contributed by atoms with E-state index in [1.165, 1.54) is 19.3 Å². The molecule has 0 unspecified atom stereocenters. The van der Waals surface area contributed by atoms with Gasteiger partial charge in [-0.2, -0.15) is 0 Å². The molecule has 0 saturated heterocycles. The van der Waals surface area contributed by atoms with Crippen LogP contribution in [0.2, 0.25) is 0 Å². The summed E-state index contributed by atoms with van der Waals surface area (Å²) in [5.41, 5.74) is 0.111. The van der Waals surface area contributed by atoms with Gasteiger partial charge in [0.2, 0.25) is 0 Å². The van der Waals surface area contributed by atoms with E-state index in [1.54, 1.807) is 0 Å². The van der Waals surface area contributed by atoms with Crippen molar-refractivity contribution in [3.05, 3.63) is 0 Å². The number of rotatable bonds is 6. The van der Waals surface area contributed by atoms with Crippen LogP contribution >= 0.6 is 0 Å². The maximum absolute atomic E-state index is 11.4. The highest BCUT2D eigenvalue weighted by atomic mass is 16.6. The third kappa shape index (κ3) is 6.24. The predicted molar refractivity (Wildman–Crippen MR) is 73.7 cm³/mol. The van der Waals surface area contributed by atoms with Crippen LogP contribution < -0.4 is 10.6 Å². The molecule has 1 aliphatic carbocycles. The molecule has 106 valence electrons. The summed E-state index contributed by atoms with van der Waals surface area (Å²) in [7, 11) is 0. The van der Waals surface area contributed by atoms with Gasteiger partial charge in [-0.15, -0.1) is 0 Å². The number of nitrogens with one attached hydrogen (secondary N) is 2. The fourth-order valence-electron chi connectivity index (χ4n) is 2.07. The van der Waals surface area contributed by atoms with Crippen LogP contribution in [0.3, 0.4) is 0 Å². The highest BCUT2D eigenvalue weighted by molar-refractivity contribution is 5.67. The van der Waals surface area contributed by atoms with Crippen LogP contribution in [0, 0.1) is 5.41 Å². The smallest absolute Gasteiger partial charge is 0.407 e.